The summed E-state index contributed by atoms with van der Waals surface area (Å²) in [5.41, 5.74) is 4.93. The van der Waals surface area contributed by atoms with Crippen LogP contribution in [0.2, 0.25) is 0 Å². The van der Waals surface area contributed by atoms with Crippen molar-refractivity contribution < 1.29 is 14.9 Å². The maximum Gasteiger partial charge on any atom is 0.162 e. The summed E-state index contributed by atoms with van der Waals surface area (Å²) in [6.07, 6.45) is 0. The van der Waals surface area contributed by atoms with Gasteiger partial charge in [0.2, 0.25) is 0 Å². The van der Waals surface area contributed by atoms with E-state index in [-0.39, 0.29) is 11.5 Å². The summed E-state index contributed by atoms with van der Waals surface area (Å²) in [7, 11) is 0. The molecule has 0 radical (unpaired) electrons. The molecular formula is C25H16O3. The predicted molar refractivity (Wildman–Crippen MR) is 107 cm³/mol. The number of aromatic hydroxyl groups is 2. The van der Waals surface area contributed by atoms with E-state index in [4.69, 9.17) is 4.74 Å². The predicted octanol–water partition coefficient (Wildman–Crippen LogP) is 5.57. The lowest BCUT2D eigenvalue weighted by molar-refractivity contribution is 0.391. The zero-order valence-electron chi connectivity index (χ0n) is 14.9. The van der Waals surface area contributed by atoms with Crippen LogP contribution < -0.4 is 4.74 Å². The molecule has 6 rings (SSSR count). The molecule has 1 aliphatic heterocycles. The molecule has 0 saturated heterocycles. The van der Waals surface area contributed by atoms with Crippen molar-refractivity contribution in [2.45, 2.75) is 5.41 Å². The van der Waals surface area contributed by atoms with Gasteiger partial charge in [-0.1, -0.05) is 66.7 Å². The number of ether oxygens (including phenoxy) is 1. The molecule has 28 heavy (non-hydrogen) atoms. The van der Waals surface area contributed by atoms with E-state index in [1.54, 1.807) is 6.07 Å². The van der Waals surface area contributed by atoms with Gasteiger partial charge in [-0.15, -0.1) is 0 Å². The van der Waals surface area contributed by atoms with Crippen molar-refractivity contribution >= 4 is 0 Å². The van der Waals surface area contributed by atoms with Gasteiger partial charge in [-0.05, 0) is 34.9 Å². The highest BCUT2D eigenvalue weighted by molar-refractivity contribution is 5.91. The van der Waals surface area contributed by atoms with Crippen LogP contribution >= 0.6 is 0 Å². The van der Waals surface area contributed by atoms with Gasteiger partial charge in [0, 0.05) is 16.7 Å². The van der Waals surface area contributed by atoms with E-state index in [2.05, 4.69) is 12.1 Å². The molecule has 1 heterocycles. The van der Waals surface area contributed by atoms with E-state index in [1.165, 1.54) is 0 Å². The van der Waals surface area contributed by atoms with E-state index in [1.807, 2.05) is 66.7 Å². The Kier molecular flexibility index (Phi) is 2.83. The Balaban J connectivity index is 1.89. The van der Waals surface area contributed by atoms with Gasteiger partial charge in [-0.3, -0.25) is 0 Å². The molecule has 4 aromatic carbocycles. The lowest BCUT2D eigenvalue weighted by Gasteiger charge is -2.39. The molecule has 0 unspecified atom stereocenters. The van der Waals surface area contributed by atoms with Crippen molar-refractivity contribution in [3.8, 4) is 34.1 Å². The van der Waals surface area contributed by atoms with E-state index < -0.39 is 5.41 Å². The topological polar surface area (TPSA) is 49.7 Å². The van der Waals surface area contributed by atoms with Crippen LogP contribution in [-0.4, -0.2) is 10.2 Å². The summed E-state index contributed by atoms with van der Waals surface area (Å²) in [6.45, 7) is 0. The van der Waals surface area contributed by atoms with Crippen LogP contribution in [0.4, 0.5) is 0 Å². The third-order valence-electron chi connectivity index (χ3n) is 5.95. The average molecular weight is 364 g/mol. The maximum atomic E-state index is 11.1. The van der Waals surface area contributed by atoms with E-state index in [0.717, 1.165) is 39.3 Å². The Hall–Kier alpha value is -3.72. The molecule has 0 bridgehead atoms. The van der Waals surface area contributed by atoms with Crippen LogP contribution in [0.3, 0.4) is 0 Å². The molecule has 134 valence electrons. The van der Waals surface area contributed by atoms with Crippen molar-refractivity contribution in [2.24, 2.45) is 0 Å². The Morgan fingerprint density at radius 3 is 1.82 bits per heavy atom. The molecule has 2 aliphatic rings. The fourth-order valence-electron chi connectivity index (χ4n) is 4.92. The molecule has 3 heteroatoms. The molecule has 0 atom stereocenters. The largest absolute Gasteiger partial charge is 0.504 e. The molecule has 0 amide bonds. The van der Waals surface area contributed by atoms with Crippen LogP contribution in [-0.2, 0) is 5.41 Å². The molecule has 3 nitrogen and oxygen atoms in total. The van der Waals surface area contributed by atoms with Crippen molar-refractivity contribution in [2.75, 3.05) is 0 Å². The highest BCUT2D eigenvalue weighted by atomic mass is 16.5. The molecule has 0 fully saturated rings. The number of phenols is 2. The average Bonchev–Trinajstić information content (AvgIpc) is 3.03. The quantitative estimate of drug-likeness (QED) is 0.347. The van der Waals surface area contributed by atoms with Crippen LogP contribution in [0, 0.1) is 0 Å². The third-order valence-corrected chi connectivity index (χ3v) is 5.95. The summed E-state index contributed by atoms with van der Waals surface area (Å²) in [6, 6.07) is 27.5. The zero-order valence-corrected chi connectivity index (χ0v) is 14.9. The highest BCUT2D eigenvalue weighted by Crippen LogP contribution is 2.64. The van der Waals surface area contributed by atoms with Gasteiger partial charge in [-0.25, -0.2) is 0 Å². The summed E-state index contributed by atoms with van der Waals surface area (Å²) in [5, 5.41) is 21.5. The first-order valence-electron chi connectivity index (χ1n) is 9.25. The summed E-state index contributed by atoms with van der Waals surface area (Å²) < 4.78 is 6.22. The molecule has 1 spiro atoms. The fourth-order valence-corrected chi connectivity index (χ4v) is 4.92. The zero-order chi connectivity index (χ0) is 18.9. The number of benzene rings is 4. The van der Waals surface area contributed by atoms with Gasteiger partial charge in [0.1, 0.15) is 11.5 Å². The minimum atomic E-state index is -0.750. The van der Waals surface area contributed by atoms with Gasteiger partial charge in [0.25, 0.3) is 0 Å². The number of phenolic OH excluding ortho intramolecular Hbond substituents is 2. The van der Waals surface area contributed by atoms with Crippen LogP contribution in [0.25, 0.3) is 11.1 Å². The summed E-state index contributed by atoms with van der Waals surface area (Å²) >= 11 is 0. The SMILES string of the molecule is Oc1ccc2c(c1O)C1(c3ccccc3Oc3ccccc31)c1ccccc1-2. The first-order valence-corrected chi connectivity index (χ1v) is 9.25. The fraction of sp³-hybridized carbons (Fsp3) is 0.0400. The monoisotopic (exact) mass is 364 g/mol. The van der Waals surface area contributed by atoms with E-state index >= 15 is 0 Å². The second kappa shape index (κ2) is 5.17. The molecule has 0 saturated carbocycles. The minimum Gasteiger partial charge on any atom is -0.504 e. The normalized spacial score (nSPS) is 14.6. The number of para-hydroxylation sites is 2. The lowest BCUT2D eigenvalue weighted by atomic mass is 9.66. The van der Waals surface area contributed by atoms with Crippen LogP contribution in [0.1, 0.15) is 22.3 Å². The molecule has 2 N–H and O–H groups in total. The molecular weight excluding hydrogens is 348 g/mol. The molecule has 0 aromatic heterocycles. The Bertz CT molecular complexity index is 1230. The minimum absolute atomic E-state index is 0.0831. The van der Waals surface area contributed by atoms with Crippen molar-refractivity contribution in [3.05, 3.63) is 107 Å². The summed E-state index contributed by atoms with van der Waals surface area (Å²) in [4.78, 5) is 0. The number of hydrogen-bond donors (Lipinski definition) is 2. The van der Waals surface area contributed by atoms with Crippen molar-refractivity contribution in [1.29, 1.82) is 0 Å². The molecule has 1 aliphatic carbocycles. The summed E-state index contributed by atoms with van der Waals surface area (Å²) in [5.74, 6) is 1.31. The lowest BCUT2D eigenvalue weighted by Crippen LogP contribution is -2.32. The van der Waals surface area contributed by atoms with Crippen LogP contribution in [0.15, 0.2) is 84.9 Å². The number of hydrogen-bond acceptors (Lipinski definition) is 3. The van der Waals surface area contributed by atoms with Crippen molar-refractivity contribution in [3.63, 3.8) is 0 Å². The van der Waals surface area contributed by atoms with Gasteiger partial charge in [0.15, 0.2) is 11.5 Å². The Labute approximate surface area is 162 Å². The second-order valence-electron chi connectivity index (χ2n) is 7.25. The number of rotatable bonds is 0. The first kappa shape index (κ1) is 15.3. The molecule has 4 aromatic rings. The third kappa shape index (κ3) is 1.65. The Morgan fingerprint density at radius 2 is 1.14 bits per heavy atom. The van der Waals surface area contributed by atoms with Crippen LogP contribution in [0.5, 0.6) is 23.0 Å². The Morgan fingerprint density at radius 1 is 0.571 bits per heavy atom. The standard InChI is InChI=1S/C25H16O3/c26-20-14-13-16-15-7-1-2-8-17(15)25(23(16)24(20)27)18-9-3-5-11-21(18)28-22-12-6-4-10-19(22)25/h1-14,26-27H. The van der Waals surface area contributed by atoms with Gasteiger partial charge in [-0.2, -0.15) is 0 Å². The second-order valence-corrected chi connectivity index (χ2v) is 7.25. The highest BCUT2D eigenvalue weighted by Gasteiger charge is 2.52. The van der Waals surface area contributed by atoms with E-state index in [0.29, 0.717) is 5.56 Å². The van der Waals surface area contributed by atoms with Gasteiger partial charge < -0.3 is 14.9 Å². The number of fused-ring (bicyclic) bond motifs is 9. The van der Waals surface area contributed by atoms with Crippen molar-refractivity contribution in [1.82, 2.24) is 0 Å². The van der Waals surface area contributed by atoms with Gasteiger partial charge in [0.05, 0.1) is 5.41 Å². The van der Waals surface area contributed by atoms with Gasteiger partial charge >= 0.3 is 0 Å². The first-order chi connectivity index (χ1) is 13.7. The van der Waals surface area contributed by atoms with E-state index in [9.17, 15) is 10.2 Å². The maximum absolute atomic E-state index is 11.1. The smallest absolute Gasteiger partial charge is 0.162 e.